The Morgan fingerprint density at radius 3 is 1.19 bits per heavy atom. The first-order valence-corrected chi connectivity index (χ1v) is 5.61. The van der Waals surface area contributed by atoms with Crippen molar-refractivity contribution in [1.82, 2.24) is 4.90 Å². The number of rotatable bonds is 3. The number of alkyl halides is 2. The fraction of sp³-hybridized carbons (Fsp3) is 0.889. The highest BCUT2D eigenvalue weighted by Gasteiger charge is 1.89. The molecule has 0 radical (unpaired) electrons. The average molecular weight is 282 g/mol. The molecule has 0 spiro atoms. The second-order valence-electron chi connectivity index (χ2n) is 1.83. The highest BCUT2D eigenvalue weighted by molar-refractivity contribution is 6.40. The highest BCUT2D eigenvalue weighted by atomic mass is 35.5. The molecule has 0 fully saturated rings. The number of hydrogen-bond donors (Lipinski definition) is 2. The maximum absolute atomic E-state index is 8.36. The van der Waals surface area contributed by atoms with Gasteiger partial charge in [0.25, 0.3) is 6.47 Å². The molecule has 104 valence electrons. The van der Waals surface area contributed by atoms with E-state index in [0.29, 0.717) is 0 Å². The van der Waals surface area contributed by atoms with E-state index in [0.717, 1.165) is 7.11 Å². The topological polar surface area (TPSA) is 92.3 Å². The molecule has 0 atom stereocenters. The lowest BCUT2D eigenvalue weighted by atomic mass is 10.5. The molecular formula is C9H25Cl2NO4. The molecule has 0 saturated carbocycles. The largest absolute Gasteiger partial charge is 0.483 e. The Hall–Kier alpha value is -0.0700. The average Bonchev–Trinajstić information content (AvgIpc) is 2.26. The van der Waals surface area contributed by atoms with Crippen molar-refractivity contribution < 1.29 is 20.5 Å². The Balaban J connectivity index is -0.0000000383. The first-order chi connectivity index (χ1) is 7.17. The van der Waals surface area contributed by atoms with Crippen LogP contribution in [0.1, 0.15) is 20.8 Å². The van der Waals surface area contributed by atoms with Crippen molar-refractivity contribution in [3.8, 4) is 0 Å². The van der Waals surface area contributed by atoms with Crippen LogP contribution in [0, 0.1) is 0 Å². The predicted octanol–water partition coefficient (Wildman–Crippen LogP) is 1.25. The molecule has 0 unspecified atom stereocenters. The van der Waals surface area contributed by atoms with E-state index >= 15 is 0 Å². The fourth-order valence-corrected chi connectivity index (χ4v) is 0.671. The van der Waals surface area contributed by atoms with Gasteiger partial charge in [0.2, 0.25) is 0 Å². The van der Waals surface area contributed by atoms with Crippen LogP contribution in [0.2, 0.25) is 0 Å². The van der Waals surface area contributed by atoms with Gasteiger partial charge >= 0.3 is 0 Å². The van der Waals surface area contributed by atoms with Gasteiger partial charge in [0.1, 0.15) is 0 Å². The van der Waals surface area contributed by atoms with E-state index in [9.17, 15) is 0 Å². The van der Waals surface area contributed by atoms with Crippen molar-refractivity contribution in [1.29, 1.82) is 0 Å². The molecule has 5 nitrogen and oxygen atoms in total. The number of aliphatic hydroxyl groups excluding tert-OH is 1. The molecule has 0 heterocycles. The Labute approximate surface area is 108 Å². The van der Waals surface area contributed by atoms with Gasteiger partial charge in [-0.2, -0.15) is 0 Å². The second-order valence-corrected chi connectivity index (χ2v) is 2.63. The second kappa shape index (κ2) is 46.1. The van der Waals surface area contributed by atoms with Crippen molar-refractivity contribution in [2.24, 2.45) is 0 Å². The van der Waals surface area contributed by atoms with E-state index in [2.05, 4.69) is 25.7 Å². The lowest BCUT2D eigenvalue weighted by Gasteiger charge is -2.13. The molecule has 0 aromatic rings. The SMILES string of the molecule is CCN(CC)CC.CO.ClCCl.O.O=CO. The van der Waals surface area contributed by atoms with Gasteiger partial charge < -0.3 is 20.6 Å². The Bertz CT molecular complexity index is 80.4. The van der Waals surface area contributed by atoms with Gasteiger partial charge in [0.15, 0.2) is 0 Å². The fourth-order valence-electron chi connectivity index (χ4n) is 0.671. The number of carboxylic acid groups (broad SMARTS) is 1. The summed E-state index contributed by atoms with van der Waals surface area (Å²) in [4.78, 5) is 10.7. The van der Waals surface area contributed by atoms with Crippen molar-refractivity contribution in [2.45, 2.75) is 20.8 Å². The third kappa shape index (κ3) is 66.2. The molecular weight excluding hydrogens is 257 g/mol. The quantitative estimate of drug-likeness (QED) is 0.602. The minimum absolute atomic E-state index is 0. The van der Waals surface area contributed by atoms with Gasteiger partial charge in [0.05, 0.1) is 5.34 Å². The summed E-state index contributed by atoms with van der Waals surface area (Å²) in [5, 5.41) is 14.1. The van der Waals surface area contributed by atoms with E-state index in [1.54, 1.807) is 0 Å². The zero-order valence-electron chi connectivity index (χ0n) is 10.4. The lowest BCUT2D eigenvalue weighted by Crippen LogP contribution is -2.21. The van der Waals surface area contributed by atoms with Crippen LogP contribution in [0.4, 0.5) is 0 Å². The highest BCUT2D eigenvalue weighted by Crippen LogP contribution is 1.81. The van der Waals surface area contributed by atoms with Crippen molar-refractivity contribution in [2.75, 3.05) is 32.1 Å². The molecule has 0 aromatic heterocycles. The summed E-state index contributed by atoms with van der Waals surface area (Å²) in [7, 11) is 1.00. The summed E-state index contributed by atoms with van der Waals surface area (Å²) in [6.07, 6.45) is 0. The molecule has 7 heteroatoms. The first-order valence-electron chi connectivity index (χ1n) is 4.55. The van der Waals surface area contributed by atoms with Crippen LogP contribution in [0.5, 0.6) is 0 Å². The number of aliphatic hydroxyl groups is 1. The van der Waals surface area contributed by atoms with Gasteiger partial charge in [-0.15, -0.1) is 23.2 Å². The monoisotopic (exact) mass is 281 g/mol. The minimum atomic E-state index is -0.250. The molecule has 0 bridgehead atoms. The van der Waals surface area contributed by atoms with Gasteiger partial charge in [-0.05, 0) is 19.6 Å². The molecule has 4 N–H and O–H groups in total. The van der Waals surface area contributed by atoms with Crippen LogP contribution in [0.3, 0.4) is 0 Å². The third-order valence-electron chi connectivity index (χ3n) is 1.34. The first kappa shape index (κ1) is 29.7. The molecule has 16 heavy (non-hydrogen) atoms. The zero-order chi connectivity index (χ0) is 13.1. The summed E-state index contributed by atoms with van der Waals surface area (Å²) in [6.45, 7) is 9.88. The summed E-state index contributed by atoms with van der Waals surface area (Å²) in [5.41, 5.74) is 0. The maximum Gasteiger partial charge on any atom is 0.290 e. The Morgan fingerprint density at radius 1 is 1.06 bits per heavy atom. The van der Waals surface area contributed by atoms with E-state index < -0.39 is 0 Å². The standard InChI is InChI=1S/C6H15N.CH2Cl2.CH2O2.CH4O.H2O/c1-4-7(5-2)6-3;2*2-1-3;1-2;/h4-6H2,1-3H3;1H2;1H,(H,2,3);2H,1H3;1H2. The Morgan fingerprint density at radius 2 is 1.19 bits per heavy atom. The summed E-state index contributed by atoms with van der Waals surface area (Å²) in [6, 6.07) is 0. The van der Waals surface area contributed by atoms with Crippen LogP contribution >= 0.6 is 23.2 Å². The van der Waals surface area contributed by atoms with Gasteiger partial charge in [-0.25, -0.2) is 0 Å². The summed E-state index contributed by atoms with van der Waals surface area (Å²) in [5.74, 6) is 0. The van der Waals surface area contributed by atoms with Crippen LogP contribution in [-0.2, 0) is 4.79 Å². The third-order valence-corrected chi connectivity index (χ3v) is 1.34. The van der Waals surface area contributed by atoms with Crippen molar-refractivity contribution in [3.63, 3.8) is 0 Å². The molecule has 0 amide bonds. The maximum atomic E-state index is 8.36. The smallest absolute Gasteiger partial charge is 0.290 e. The summed E-state index contributed by atoms with van der Waals surface area (Å²) >= 11 is 9.53. The molecule has 0 saturated heterocycles. The zero-order valence-corrected chi connectivity index (χ0v) is 11.9. The van der Waals surface area contributed by atoms with E-state index in [1.165, 1.54) is 19.6 Å². The molecule has 0 aliphatic carbocycles. The van der Waals surface area contributed by atoms with Crippen LogP contribution < -0.4 is 0 Å². The van der Waals surface area contributed by atoms with E-state index in [1.807, 2.05) is 0 Å². The van der Waals surface area contributed by atoms with Gasteiger partial charge in [0, 0.05) is 7.11 Å². The lowest BCUT2D eigenvalue weighted by molar-refractivity contribution is -0.122. The molecule has 0 aliphatic rings. The van der Waals surface area contributed by atoms with Gasteiger partial charge in [-0.1, -0.05) is 20.8 Å². The van der Waals surface area contributed by atoms with Crippen LogP contribution in [0.15, 0.2) is 0 Å². The number of hydrogen-bond acceptors (Lipinski definition) is 3. The normalized spacial score (nSPS) is 6.75. The van der Waals surface area contributed by atoms with Crippen molar-refractivity contribution >= 4 is 29.7 Å². The van der Waals surface area contributed by atoms with E-state index in [-0.39, 0.29) is 17.3 Å². The minimum Gasteiger partial charge on any atom is -0.483 e. The number of halogens is 2. The molecule has 0 rings (SSSR count). The van der Waals surface area contributed by atoms with Crippen LogP contribution in [-0.4, -0.2) is 59.1 Å². The van der Waals surface area contributed by atoms with Gasteiger partial charge in [-0.3, -0.25) is 4.79 Å². The number of carbonyl (C=O) groups is 1. The Kier molecular flexibility index (Phi) is 85.6. The molecule has 0 aromatic carbocycles. The van der Waals surface area contributed by atoms with Crippen LogP contribution in [0.25, 0.3) is 0 Å². The van der Waals surface area contributed by atoms with E-state index in [4.69, 9.17) is 38.2 Å². The predicted molar refractivity (Wildman–Crippen MR) is 70.5 cm³/mol. The summed E-state index contributed by atoms with van der Waals surface area (Å²) < 4.78 is 0. The molecule has 0 aliphatic heterocycles. The van der Waals surface area contributed by atoms with Crippen molar-refractivity contribution in [3.05, 3.63) is 0 Å². The number of nitrogens with zero attached hydrogens (tertiary/aromatic N) is 1.